The number of amides is 1. The SMILES string of the molecule is CC(C)c1ccccc1NC(=O)CNC(C)(C)CC(C)(C)C. The van der Waals surface area contributed by atoms with Crippen LogP contribution >= 0.6 is 0 Å². The fourth-order valence-electron chi connectivity index (χ4n) is 3.02. The molecular weight excluding hydrogens is 272 g/mol. The zero-order valence-electron chi connectivity index (χ0n) is 15.2. The first-order valence-corrected chi connectivity index (χ1v) is 8.14. The Morgan fingerprint density at radius 1 is 1.09 bits per heavy atom. The summed E-state index contributed by atoms with van der Waals surface area (Å²) in [5, 5.41) is 6.40. The number of benzene rings is 1. The van der Waals surface area contributed by atoms with Crippen molar-refractivity contribution in [3.8, 4) is 0 Å². The van der Waals surface area contributed by atoms with Gasteiger partial charge in [0.1, 0.15) is 0 Å². The average molecular weight is 304 g/mol. The lowest BCUT2D eigenvalue weighted by atomic mass is 9.82. The van der Waals surface area contributed by atoms with Gasteiger partial charge in [-0.2, -0.15) is 0 Å². The molecule has 0 atom stereocenters. The van der Waals surface area contributed by atoms with Crippen LogP contribution in [0, 0.1) is 5.41 Å². The van der Waals surface area contributed by atoms with Crippen LogP contribution in [0.1, 0.15) is 66.4 Å². The third kappa shape index (κ3) is 6.61. The van der Waals surface area contributed by atoms with Gasteiger partial charge in [0.2, 0.25) is 5.91 Å². The lowest BCUT2D eigenvalue weighted by molar-refractivity contribution is -0.115. The van der Waals surface area contributed by atoms with Crippen molar-refractivity contribution >= 4 is 11.6 Å². The van der Waals surface area contributed by atoms with Gasteiger partial charge in [0, 0.05) is 11.2 Å². The summed E-state index contributed by atoms with van der Waals surface area (Å²) in [7, 11) is 0. The molecule has 0 aliphatic rings. The molecular formula is C19H32N2O. The van der Waals surface area contributed by atoms with Crippen LogP contribution < -0.4 is 10.6 Å². The van der Waals surface area contributed by atoms with Crippen LogP contribution in [0.2, 0.25) is 0 Å². The summed E-state index contributed by atoms with van der Waals surface area (Å²) < 4.78 is 0. The third-order valence-electron chi connectivity index (χ3n) is 3.56. The molecule has 2 N–H and O–H groups in total. The second-order valence-electron chi connectivity index (χ2n) is 8.27. The molecule has 0 heterocycles. The molecule has 1 rings (SSSR count). The van der Waals surface area contributed by atoms with E-state index in [0.29, 0.717) is 12.5 Å². The Morgan fingerprint density at radius 2 is 1.68 bits per heavy atom. The van der Waals surface area contributed by atoms with Gasteiger partial charge < -0.3 is 10.6 Å². The first-order valence-electron chi connectivity index (χ1n) is 8.14. The van der Waals surface area contributed by atoms with Crippen LogP contribution in [0.3, 0.4) is 0 Å². The van der Waals surface area contributed by atoms with Gasteiger partial charge in [0.15, 0.2) is 0 Å². The quantitative estimate of drug-likeness (QED) is 0.809. The van der Waals surface area contributed by atoms with Crippen molar-refractivity contribution in [2.24, 2.45) is 5.41 Å². The fourth-order valence-corrected chi connectivity index (χ4v) is 3.02. The van der Waals surface area contributed by atoms with Crippen molar-refractivity contribution in [3.05, 3.63) is 29.8 Å². The Bertz CT molecular complexity index is 498. The highest BCUT2D eigenvalue weighted by atomic mass is 16.1. The first-order chi connectivity index (χ1) is 10.0. The Labute approximate surface area is 135 Å². The fraction of sp³-hybridized carbons (Fsp3) is 0.632. The highest BCUT2D eigenvalue weighted by molar-refractivity contribution is 5.93. The molecule has 3 heteroatoms. The predicted molar refractivity (Wildman–Crippen MR) is 95.3 cm³/mol. The van der Waals surface area contributed by atoms with Gasteiger partial charge in [-0.15, -0.1) is 0 Å². The van der Waals surface area contributed by atoms with Crippen molar-refractivity contribution in [1.29, 1.82) is 0 Å². The zero-order chi connectivity index (χ0) is 17.0. The van der Waals surface area contributed by atoms with Gasteiger partial charge in [-0.1, -0.05) is 52.8 Å². The summed E-state index contributed by atoms with van der Waals surface area (Å²) in [6.45, 7) is 15.5. The monoisotopic (exact) mass is 304 g/mol. The number of anilines is 1. The van der Waals surface area contributed by atoms with E-state index in [1.807, 2.05) is 18.2 Å². The van der Waals surface area contributed by atoms with Gasteiger partial charge in [-0.25, -0.2) is 0 Å². The lowest BCUT2D eigenvalue weighted by Gasteiger charge is -2.33. The number of carbonyl (C=O) groups excluding carboxylic acids is 1. The van der Waals surface area contributed by atoms with Crippen LogP contribution in [0.15, 0.2) is 24.3 Å². The molecule has 1 aromatic carbocycles. The molecule has 0 bridgehead atoms. The number of carbonyl (C=O) groups is 1. The van der Waals surface area contributed by atoms with Gasteiger partial charge >= 0.3 is 0 Å². The van der Waals surface area contributed by atoms with E-state index in [4.69, 9.17) is 0 Å². The maximum atomic E-state index is 12.2. The van der Waals surface area contributed by atoms with E-state index in [0.717, 1.165) is 12.1 Å². The zero-order valence-corrected chi connectivity index (χ0v) is 15.2. The van der Waals surface area contributed by atoms with E-state index in [1.54, 1.807) is 0 Å². The molecule has 22 heavy (non-hydrogen) atoms. The Balaban J connectivity index is 2.61. The van der Waals surface area contributed by atoms with Crippen molar-refractivity contribution in [2.45, 2.75) is 66.3 Å². The number of nitrogens with one attached hydrogen (secondary N) is 2. The number of rotatable bonds is 6. The van der Waals surface area contributed by atoms with Crippen LogP contribution in [0.25, 0.3) is 0 Å². The maximum absolute atomic E-state index is 12.2. The summed E-state index contributed by atoms with van der Waals surface area (Å²) >= 11 is 0. The lowest BCUT2D eigenvalue weighted by Crippen LogP contribution is -2.45. The Morgan fingerprint density at radius 3 is 2.23 bits per heavy atom. The minimum atomic E-state index is -0.0623. The van der Waals surface area contributed by atoms with Gasteiger partial charge in [0.25, 0.3) is 0 Å². The van der Waals surface area contributed by atoms with Crippen molar-refractivity contribution in [2.75, 3.05) is 11.9 Å². The number of para-hydroxylation sites is 1. The highest BCUT2D eigenvalue weighted by Gasteiger charge is 2.25. The topological polar surface area (TPSA) is 41.1 Å². The van der Waals surface area contributed by atoms with E-state index < -0.39 is 0 Å². The first kappa shape index (κ1) is 18.7. The average Bonchev–Trinajstić information content (AvgIpc) is 2.34. The largest absolute Gasteiger partial charge is 0.325 e. The van der Waals surface area contributed by atoms with E-state index in [-0.39, 0.29) is 16.9 Å². The van der Waals surface area contributed by atoms with Crippen LogP contribution in [0.4, 0.5) is 5.69 Å². The molecule has 0 aromatic heterocycles. The molecule has 1 aromatic rings. The normalized spacial score (nSPS) is 12.5. The summed E-state index contributed by atoms with van der Waals surface area (Å²) in [6.07, 6.45) is 1.01. The molecule has 3 nitrogen and oxygen atoms in total. The van der Waals surface area contributed by atoms with E-state index in [2.05, 4.69) is 65.2 Å². The van der Waals surface area contributed by atoms with Gasteiger partial charge in [0.05, 0.1) is 6.54 Å². The standard InChI is InChI=1S/C19H32N2O/c1-14(2)15-10-8-9-11-16(15)21-17(22)12-20-19(6,7)13-18(3,4)5/h8-11,14,20H,12-13H2,1-7H3,(H,21,22). The smallest absolute Gasteiger partial charge is 0.238 e. The number of hydrogen-bond donors (Lipinski definition) is 2. The van der Waals surface area contributed by atoms with E-state index >= 15 is 0 Å². The molecule has 0 radical (unpaired) electrons. The van der Waals surface area contributed by atoms with Gasteiger partial charge in [-0.05, 0) is 43.2 Å². The second kappa shape index (κ2) is 7.28. The third-order valence-corrected chi connectivity index (χ3v) is 3.56. The highest BCUT2D eigenvalue weighted by Crippen LogP contribution is 2.27. The van der Waals surface area contributed by atoms with Crippen molar-refractivity contribution < 1.29 is 4.79 Å². The maximum Gasteiger partial charge on any atom is 0.238 e. The van der Waals surface area contributed by atoms with Gasteiger partial charge in [-0.3, -0.25) is 4.79 Å². The summed E-state index contributed by atoms with van der Waals surface area (Å²) in [6, 6.07) is 8.00. The molecule has 0 unspecified atom stereocenters. The summed E-state index contributed by atoms with van der Waals surface area (Å²) in [5.74, 6) is 0.400. The number of hydrogen-bond acceptors (Lipinski definition) is 2. The van der Waals surface area contributed by atoms with Crippen molar-refractivity contribution in [3.63, 3.8) is 0 Å². The summed E-state index contributed by atoms with van der Waals surface area (Å²) in [5.41, 5.74) is 2.26. The molecule has 0 aliphatic carbocycles. The van der Waals surface area contributed by atoms with E-state index in [1.165, 1.54) is 5.56 Å². The molecule has 0 saturated heterocycles. The Hall–Kier alpha value is -1.35. The van der Waals surface area contributed by atoms with Crippen LogP contribution in [0.5, 0.6) is 0 Å². The molecule has 0 aliphatic heterocycles. The minimum absolute atomic E-state index is 0.00934. The second-order valence-corrected chi connectivity index (χ2v) is 8.27. The van der Waals surface area contributed by atoms with Crippen molar-refractivity contribution in [1.82, 2.24) is 5.32 Å². The molecule has 1 amide bonds. The Kier molecular flexibility index (Phi) is 6.18. The molecule has 0 saturated carbocycles. The van der Waals surface area contributed by atoms with Crippen LogP contribution in [-0.4, -0.2) is 18.0 Å². The minimum Gasteiger partial charge on any atom is -0.325 e. The molecule has 0 spiro atoms. The van der Waals surface area contributed by atoms with E-state index in [9.17, 15) is 4.79 Å². The summed E-state index contributed by atoms with van der Waals surface area (Å²) in [4.78, 5) is 12.2. The molecule has 124 valence electrons. The van der Waals surface area contributed by atoms with Crippen LogP contribution in [-0.2, 0) is 4.79 Å². The molecule has 0 fully saturated rings. The predicted octanol–water partition coefficient (Wildman–Crippen LogP) is 4.55.